The van der Waals surface area contributed by atoms with Gasteiger partial charge in [0.1, 0.15) is 0 Å². The zero-order valence-electron chi connectivity index (χ0n) is 9.98. The van der Waals surface area contributed by atoms with Crippen LogP contribution in [0.15, 0.2) is 22.7 Å². The van der Waals surface area contributed by atoms with Crippen LogP contribution in [-0.2, 0) is 0 Å². The van der Waals surface area contributed by atoms with Gasteiger partial charge < -0.3 is 10.0 Å². The Bertz CT molecular complexity index is 439. The smallest absolute Gasteiger partial charge is 0.335 e. The molecular formula is C13H16BrNO2. The Morgan fingerprint density at radius 3 is 2.59 bits per heavy atom. The summed E-state index contributed by atoms with van der Waals surface area (Å²) in [5.74, 6) is 0.574. The van der Waals surface area contributed by atoms with E-state index in [2.05, 4.69) is 34.7 Å². The number of carboxylic acid groups (broad SMARTS) is 1. The van der Waals surface area contributed by atoms with E-state index in [1.54, 1.807) is 12.1 Å². The van der Waals surface area contributed by atoms with Crippen LogP contribution in [0.3, 0.4) is 0 Å². The molecule has 1 N–H and O–H groups in total. The van der Waals surface area contributed by atoms with Crippen molar-refractivity contribution >= 4 is 27.6 Å². The lowest BCUT2D eigenvalue weighted by Gasteiger charge is -2.43. The summed E-state index contributed by atoms with van der Waals surface area (Å²) in [6.45, 7) is 6.60. The van der Waals surface area contributed by atoms with E-state index in [0.29, 0.717) is 11.5 Å². The Balaban J connectivity index is 2.11. The molecule has 1 saturated heterocycles. The van der Waals surface area contributed by atoms with Gasteiger partial charge >= 0.3 is 5.97 Å². The van der Waals surface area contributed by atoms with Crippen molar-refractivity contribution in [3.05, 3.63) is 28.2 Å². The molecular weight excluding hydrogens is 282 g/mol. The van der Waals surface area contributed by atoms with Crippen LogP contribution < -0.4 is 4.90 Å². The van der Waals surface area contributed by atoms with Gasteiger partial charge in [0.25, 0.3) is 0 Å². The quantitative estimate of drug-likeness (QED) is 0.931. The second kappa shape index (κ2) is 4.69. The largest absolute Gasteiger partial charge is 0.478 e. The van der Waals surface area contributed by atoms with Crippen molar-refractivity contribution in [2.75, 3.05) is 18.0 Å². The van der Waals surface area contributed by atoms with E-state index in [1.807, 2.05) is 6.07 Å². The first-order valence-corrected chi connectivity index (χ1v) is 6.56. The molecule has 17 heavy (non-hydrogen) atoms. The van der Waals surface area contributed by atoms with Crippen LogP contribution in [0, 0.1) is 11.8 Å². The van der Waals surface area contributed by atoms with E-state index in [9.17, 15) is 4.79 Å². The number of benzene rings is 1. The maximum atomic E-state index is 10.8. The minimum absolute atomic E-state index is 0.321. The van der Waals surface area contributed by atoms with Crippen LogP contribution in [0.25, 0.3) is 0 Å². The fraction of sp³-hybridized carbons (Fsp3) is 0.462. The summed E-state index contributed by atoms with van der Waals surface area (Å²) in [4.78, 5) is 13.1. The minimum Gasteiger partial charge on any atom is -0.478 e. The molecule has 0 spiro atoms. The number of nitrogens with zero attached hydrogens (tertiary/aromatic N) is 1. The summed E-state index contributed by atoms with van der Waals surface area (Å²) in [6, 6.07) is 5.20. The number of carboxylic acids is 1. The van der Waals surface area contributed by atoms with E-state index in [4.69, 9.17) is 5.11 Å². The number of hydrogen-bond acceptors (Lipinski definition) is 2. The number of halogens is 1. The third-order valence-electron chi connectivity index (χ3n) is 3.39. The van der Waals surface area contributed by atoms with Crippen LogP contribution in [-0.4, -0.2) is 24.2 Å². The molecule has 1 heterocycles. The molecule has 1 aromatic rings. The van der Waals surface area contributed by atoms with E-state index >= 15 is 0 Å². The molecule has 0 unspecified atom stereocenters. The van der Waals surface area contributed by atoms with Crippen molar-refractivity contribution in [2.24, 2.45) is 11.8 Å². The molecule has 0 bridgehead atoms. The predicted octanol–water partition coefficient (Wildman–Crippen LogP) is 3.24. The highest BCUT2D eigenvalue weighted by molar-refractivity contribution is 9.10. The highest BCUT2D eigenvalue weighted by Crippen LogP contribution is 2.34. The van der Waals surface area contributed by atoms with E-state index in [1.165, 1.54) is 0 Å². The number of aromatic carboxylic acids is 1. The van der Waals surface area contributed by atoms with Gasteiger partial charge in [-0.25, -0.2) is 4.79 Å². The fourth-order valence-corrected chi connectivity index (χ4v) is 2.66. The normalized spacial score (nSPS) is 16.1. The van der Waals surface area contributed by atoms with Crippen LogP contribution in [0.2, 0.25) is 0 Å². The summed E-state index contributed by atoms with van der Waals surface area (Å²) >= 11 is 3.44. The van der Waals surface area contributed by atoms with Gasteiger partial charge in [-0.15, -0.1) is 0 Å². The molecule has 0 saturated carbocycles. The lowest BCUT2D eigenvalue weighted by Crippen LogP contribution is -2.49. The molecule has 1 aromatic carbocycles. The van der Waals surface area contributed by atoms with Gasteiger partial charge in [-0.1, -0.05) is 13.8 Å². The molecule has 0 amide bonds. The topological polar surface area (TPSA) is 40.5 Å². The third kappa shape index (κ3) is 2.46. The molecule has 0 radical (unpaired) electrons. The molecule has 1 aliphatic heterocycles. The Kier molecular flexibility index (Phi) is 3.43. The lowest BCUT2D eigenvalue weighted by atomic mass is 9.88. The first kappa shape index (κ1) is 12.4. The summed E-state index contributed by atoms with van der Waals surface area (Å²) in [6.07, 6.45) is 0. The van der Waals surface area contributed by atoms with Gasteiger partial charge in [0, 0.05) is 17.6 Å². The molecule has 2 rings (SSSR count). The number of carbonyl (C=O) groups is 1. The van der Waals surface area contributed by atoms with Crippen molar-refractivity contribution in [3.63, 3.8) is 0 Å². The summed E-state index contributed by atoms with van der Waals surface area (Å²) in [5.41, 5.74) is 1.41. The molecule has 0 aromatic heterocycles. The summed E-state index contributed by atoms with van der Waals surface area (Å²) in [7, 11) is 0. The molecule has 92 valence electrons. The average Bonchev–Trinajstić information content (AvgIpc) is 2.17. The molecule has 1 aliphatic rings. The third-order valence-corrected chi connectivity index (χ3v) is 4.02. The van der Waals surface area contributed by atoms with Crippen molar-refractivity contribution in [3.8, 4) is 0 Å². The molecule has 0 aliphatic carbocycles. The number of anilines is 1. The van der Waals surface area contributed by atoms with Crippen molar-refractivity contribution in [1.29, 1.82) is 0 Å². The van der Waals surface area contributed by atoms with Crippen LogP contribution >= 0.6 is 15.9 Å². The molecule has 3 nitrogen and oxygen atoms in total. The lowest BCUT2D eigenvalue weighted by molar-refractivity contribution is 0.0697. The maximum absolute atomic E-state index is 10.8. The Hall–Kier alpha value is -1.03. The van der Waals surface area contributed by atoms with Crippen LogP contribution in [0.5, 0.6) is 0 Å². The zero-order chi connectivity index (χ0) is 12.6. The van der Waals surface area contributed by atoms with Gasteiger partial charge in [-0.3, -0.25) is 0 Å². The van der Waals surface area contributed by atoms with Crippen molar-refractivity contribution in [2.45, 2.75) is 13.8 Å². The highest BCUT2D eigenvalue weighted by Gasteiger charge is 2.30. The van der Waals surface area contributed by atoms with Crippen LogP contribution in [0.1, 0.15) is 24.2 Å². The Labute approximate surface area is 110 Å². The standard InChI is InChI=1S/C13H16BrNO2/c1-8(2)10-6-15(7-10)12-4-3-9(13(16)17)5-11(12)14/h3-5,8,10H,6-7H2,1-2H3,(H,16,17). The summed E-state index contributed by atoms with van der Waals surface area (Å²) < 4.78 is 0.861. The van der Waals surface area contributed by atoms with E-state index < -0.39 is 5.97 Å². The predicted molar refractivity (Wildman–Crippen MR) is 71.6 cm³/mol. The van der Waals surface area contributed by atoms with Crippen molar-refractivity contribution in [1.82, 2.24) is 0 Å². The first-order valence-electron chi connectivity index (χ1n) is 5.77. The number of rotatable bonds is 3. The van der Waals surface area contributed by atoms with Gasteiger partial charge in [0.2, 0.25) is 0 Å². The van der Waals surface area contributed by atoms with Gasteiger partial charge in [0.15, 0.2) is 0 Å². The van der Waals surface area contributed by atoms with Gasteiger partial charge in [-0.05, 0) is 46.0 Å². The average molecular weight is 298 g/mol. The number of hydrogen-bond donors (Lipinski definition) is 1. The zero-order valence-corrected chi connectivity index (χ0v) is 11.6. The fourth-order valence-electron chi connectivity index (χ4n) is 2.03. The minimum atomic E-state index is -0.888. The Morgan fingerprint density at radius 1 is 1.47 bits per heavy atom. The van der Waals surface area contributed by atoms with Crippen molar-refractivity contribution < 1.29 is 9.90 Å². The monoisotopic (exact) mass is 297 g/mol. The second-order valence-electron chi connectivity index (χ2n) is 4.88. The molecule has 4 heteroatoms. The first-order chi connectivity index (χ1) is 7.99. The molecule has 1 fully saturated rings. The van der Waals surface area contributed by atoms with Gasteiger partial charge in [0.05, 0.1) is 11.3 Å². The SMILES string of the molecule is CC(C)C1CN(c2ccc(C(=O)O)cc2Br)C1. The van der Waals surface area contributed by atoms with E-state index in [-0.39, 0.29) is 0 Å². The maximum Gasteiger partial charge on any atom is 0.335 e. The highest BCUT2D eigenvalue weighted by atomic mass is 79.9. The summed E-state index contributed by atoms with van der Waals surface area (Å²) in [5, 5.41) is 8.89. The van der Waals surface area contributed by atoms with Gasteiger partial charge in [-0.2, -0.15) is 0 Å². The van der Waals surface area contributed by atoms with E-state index in [0.717, 1.165) is 29.2 Å². The van der Waals surface area contributed by atoms with Crippen LogP contribution in [0.4, 0.5) is 5.69 Å². The molecule has 0 atom stereocenters. The second-order valence-corrected chi connectivity index (χ2v) is 5.73. The Morgan fingerprint density at radius 2 is 2.12 bits per heavy atom.